The lowest BCUT2D eigenvalue weighted by atomic mass is 10.0. The molecule has 0 saturated carbocycles. The monoisotopic (exact) mass is 442 g/mol. The molecule has 5 aromatic carbocycles. The van der Waals surface area contributed by atoms with Gasteiger partial charge in [-0.1, -0.05) is 90.5 Å². The zero-order valence-corrected chi connectivity index (χ0v) is 19.4. The largest absolute Gasteiger partial charge is 0.497 e. The van der Waals surface area contributed by atoms with Gasteiger partial charge in [-0.25, -0.2) is 0 Å². The van der Waals surface area contributed by atoms with Gasteiger partial charge in [-0.3, -0.25) is 0 Å². The lowest BCUT2D eigenvalue weighted by Crippen LogP contribution is -1.86. The van der Waals surface area contributed by atoms with Crippen LogP contribution in [0.2, 0.25) is 0 Å². The maximum atomic E-state index is 6.06. The van der Waals surface area contributed by atoms with Crippen LogP contribution in [0, 0.1) is 6.92 Å². The Morgan fingerprint density at radius 2 is 0.618 bits per heavy atom. The highest BCUT2D eigenvalue weighted by molar-refractivity contribution is 5.71. The van der Waals surface area contributed by atoms with E-state index in [1.54, 1.807) is 7.11 Å². The maximum Gasteiger partial charge on any atom is 0.127 e. The molecule has 0 bridgehead atoms. The number of hydrogen-bond donors (Lipinski definition) is 0. The van der Waals surface area contributed by atoms with Crippen LogP contribution in [0.4, 0.5) is 0 Å². The van der Waals surface area contributed by atoms with E-state index in [9.17, 15) is 0 Å². The Balaban J connectivity index is 1.25. The van der Waals surface area contributed by atoms with Crippen molar-refractivity contribution in [2.75, 3.05) is 7.11 Å². The molecule has 0 unspecified atom stereocenters. The van der Waals surface area contributed by atoms with Crippen molar-refractivity contribution in [3.63, 3.8) is 0 Å². The second kappa shape index (κ2) is 9.68. The van der Waals surface area contributed by atoms with Gasteiger partial charge in [-0.2, -0.15) is 0 Å². The van der Waals surface area contributed by atoms with E-state index in [2.05, 4.69) is 91.9 Å². The molecule has 0 amide bonds. The van der Waals surface area contributed by atoms with E-state index in [4.69, 9.17) is 9.47 Å². The molecule has 0 aliphatic rings. The molecule has 0 fully saturated rings. The van der Waals surface area contributed by atoms with Gasteiger partial charge < -0.3 is 9.47 Å². The molecule has 0 saturated heterocycles. The third-order valence-corrected chi connectivity index (χ3v) is 5.97. The lowest BCUT2D eigenvalue weighted by Gasteiger charge is -2.09. The van der Waals surface area contributed by atoms with Crippen molar-refractivity contribution < 1.29 is 9.47 Å². The molecule has 166 valence electrons. The van der Waals surface area contributed by atoms with Crippen LogP contribution in [-0.4, -0.2) is 7.11 Å². The first-order valence-electron chi connectivity index (χ1n) is 11.4. The van der Waals surface area contributed by atoms with E-state index in [0.717, 1.165) is 22.8 Å². The summed E-state index contributed by atoms with van der Waals surface area (Å²) in [4.78, 5) is 0. The first-order valence-corrected chi connectivity index (χ1v) is 11.4. The summed E-state index contributed by atoms with van der Waals surface area (Å²) in [7, 11) is 1.68. The van der Waals surface area contributed by atoms with Gasteiger partial charge >= 0.3 is 0 Å². The standard InChI is InChI=1S/C32H26O2/c1-23-3-5-24(6-4-23)28-13-19-31(20-14-28)34-32-21-15-29(16-22-32)26-9-7-25(8-10-26)27-11-17-30(33-2)18-12-27/h3-22H,1-2H3. The maximum absolute atomic E-state index is 6.06. The van der Waals surface area contributed by atoms with Crippen molar-refractivity contribution in [3.8, 4) is 50.6 Å². The van der Waals surface area contributed by atoms with Crippen molar-refractivity contribution in [1.82, 2.24) is 0 Å². The number of ether oxygens (including phenoxy) is 2. The topological polar surface area (TPSA) is 18.5 Å². The summed E-state index contributed by atoms with van der Waals surface area (Å²) in [5.41, 5.74) is 8.33. The first-order chi connectivity index (χ1) is 16.7. The van der Waals surface area contributed by atoms with Crippen LogP contribution in [0.25, 0.3) is 33.4 Å². The third kappa shape index (κ3) is 4.87. The highest BCUT2D eigenvalue weighted by atomic mass is 16.5. The third-order valence-electron chi connectivity index (χ3n) is 5.97. The van der Waals surface area contributed by atoms with Crippen molar-refractivity contribution in [3.05, 3.63) is 127 Å². The van der Waals surface area contributed by atoms with E-state index in [0.29, 0.717) is 0 Å². The summed E-state index contributed by atoms with van der Waals surface area (Å²) in [6.45, 7) is 2.10. The Hall–Kier alpha value is -4.30. The van der Waals surface area contributed by atoms with Gasteiger partial charge in [0.2, 0.25) is 0 Å². The van der Waals surface area contributed by atoms with Gasteiger partial charge in [0.1, 0.15) is 17.2 Å². The SMILES string of the molecule is COc1ccc(-c2ccc(-c3ccc(Oc4ccc(-c5ccc(C)cc5)cc4)cc3)cc2)cc1. The predicted molar refractivity (Wildman–Crippen MR) is 141 cm³/mol. The lowest BCUT2D eigenvalue weighted by molar-refractivity contribution is 0.415. The number of hydrogen-bond acceptors (Lipinski definition) is 2. The van der Waals surface area contributed by atoms with Gasteiger partial charge in [0, 0.05) is 0 Å². The summed E-state index contributed by atoms with van der Waals surface area (Å²) in [5.74, 6) is 2.51. The van der Waals surface area contributed by atoms with Crippen LogP contribution in [0.1, 0.15) is 5.56 Å². The Morgan fingerprint density at radius 1 is 0.353 bits per heavy atom. The van der Waals surface area contributed by atoms with E-state index in [-0.39, 0.29) is 0 Å². The summed E-state index contributed by atoms with van der Waals surface area (Å²) >= 11 is 0. The fraction of sp³-hybridized carbons (Fsp3) is 0.0625. The zero-order valence-electron chi connectivity index (χ0n) is 19.4. The van der Waals surface area contributed by atoms with Crippen LogP contribution in [0.3, 0.4) is 0 Å². The molecule has 0 radical (unpaired) electrons. The molecule has 5 rings (SSSR count). The normalized spacial score (nSPS) is 10.6. The molecule has 0 spiro atoms. The Bertz CT molecular complexity index is 1350. The van der Waals surface area contributed by atoms with Crippen LogP contribution in [0.15, 0.2) is 121 Å². The summed E-state index contributed by atoms with van der Waals surface area (Å²) in [5, 5.41) is 0. The summed E-state index contributed by atoms with van der Waals surface area (Å²) < 4.78 is 11.3. The van der Waals surface area contributed by atoms with E-state index >= 15 is 0 Å². The molecule has 0 aliphatic carbocycles. The van der Waals surface area contributed by atoms with E-state index in [1.807, 2.05) is 36.4 Å². The van der Waals surface area contributed by atoms with Crippen molar-refractivity contribution in [2.24, 2.45) is 0 Å². The second-order valence-corrected chi connectivity index (χ2v) is 8.32. The van der Waals surface area contributed by atoms with Crippen molar-refractivity contribution >= 4 is 0 Å². The average Bonchev–Trinajstić information content (AvgIpc) is 2.90. The quantitative estimate of drug-likeness (QED) is 0.262. The van der Waals surface area contributed by atoms with Crippen molar-refractivity contribution in [2.45, 2.75) is 6.92 Å². The van der Waals surface area contributed by atoms with Gasteiger partial charge in [0.25, 0.3) is 0 Å². The van der Waals surface area contributed by atoms with E-state index < -0.39 is 0 Å². The second-order valence-electron chi connectivity index (χ2n) is 8.32. The minimum Gasteiger partial charge on any atom is -0.497 e. The number of methoxy groups -OCH3 is 1. The Kier molecular flexibility index (Phi) is 6.13. The molecular formula is C32H26O2. The molecule has 5 aromatic rings. The predicted octanol–water partition coefficient (Wildman–Crippen LogP) is 8.80. The highest BCUT2D eigenvalue weighted by Crippen LogP contribution is 2.30. The van der Waals surface area contributed by atoms with Gasteiger partial charge in [0.05, 0.1) is 7.11 Å². The Labute approximate surface area is 201 Å². The molecule has 0 aromatic heterocycles. The number of aryl methyl sites for hydroxylation is 1. The minimum absolute atomic E-state index is 0.821. The van der Waals surface area contributed by atoms with E-state index in [1.165, 1.54) is 33.4 Å². The Morgan fingerprint density at radius 3 is 0.941 bits per heavy atom. The van der Waals surface area contributed by atoms with Crippen LogP contribution < -0.4 is 9.47 Å². The average molecular weight is 443 g/mol. The molecule has 34 heavy (non-hydrogen) atoms. The fourth-order valence-corrected chi connectivity index (χ4v) is 3.95. The molecule has 2 heteroatoms. The number of rotatable bonds is 6. The molecule has 2 nitrogen and oxygen atoms in total. The van der Waals surface area contributed by atoms with Crippen molar-refractivity contribution in [1.29, 1.82) is 0 Å². The summed E-state index contributed by atoms with van der Waals surface area (Å²) in [6.07, 6.45) is 0. The van der Waals surface area contributed by atoms with Crippen LogP contribution in [0.5, 0.6) is 17.2 Å². The minimum atomic E-state index is 0.821. The molecule has 0 N–H and O–H groups in total. The molecule has 0 atom stereocenters. The molecule has 0 aliphatic heterocycles. The number of benzene rings is 5. The fourth-order valence-electron chi connectivity index (χ4n) is 3.95. The molecule has 0 heterocycles. The molecular weight excluding hydrogens is 416 g/mol. The highest BCUT2D eigenvalue weighted by Gasteiger charge is 2.04. The van der Waals surface area contributed by atoms with Gasteiger partial charge in [0.15, 0.2) is 0 Å². The summed E-state index contributed by atoms with van der Waals surface area (Å²) in [6, 6.07) is 41.7. The van der Waals surface area contributed by atoms with Crippen LogP contribution in [-0.2, 0) is 0 Å². The van der Waals surface area contributed by atoms with Crippen LogP contribution >= 0.6 is 0 Å². The first kappa shape index (κ1) is 21.5. The van der Waals surface area contributed by atoms with Gasteiger partial charge in [-0.15, -0.1) is 0 Å². The van der Waals surface area contributed by atoms with Gasteiger partial charge in [-0.05, 0) is 76.7 Å². The zero-order chi connectivity index (χ0) is 23.3. The smallest absolute Gasteiger partial charge is 0.127 e.